The largest absolute Gasteiger partial charge is 0.376 e. The van der Waals surface area contributed by atoms with Gasteiger partial charge in [-0.25, -0.2) is 0 Å². The Morgan fingerprint density at radius 2 is 1.63 bits per heavy atom. The molecule has 1 nitrogen and oxygen atoms in total. The molecule has 0 spiro atoms. The van der Waals surface area contributed by atoms with Crippen molar-refractivity contribution in [3.8, 4) is 0 Å². The van der Waals surface area contributed by atoms with Crippen molar-refractivity contribution in [2.24, 2.45) is 10.8 Å². The molecule has 1 saturated heterocycles. The van der Waals surface area contributed by atoms with Gasteiger partial charge in [-0.05, 0) is 76.3 Å². The molecular formula is C26H28O. The molecule has 27 heavy (non-hydrogen) atoms. The maximum Gasteiger partial charge on any atom is 0.0701 e. The summed E-state index contributed by atoms with van der Waals surface area (Å²) in [6.07, 6.45) is 5.51. The third kappa shape index (κ3) is 1.99. The highest BCUT2D eigenvalue weighted by atomic mass is 16.5. The third-order valence-electron chi connectivity index (χ3n) is 8.18. The van der Waals surface area contributed by atoms with Crippen LogP contribution in [0, 0.1) is 17.8 Å². The Hall–Kier alpha value is -1.86. The van der Waals surface area contributed by atoms with Crippen molar-refractivity contribution < 1.29 is 4.74 Å². The Morgan fingerprint density at radius 1 is 0.852 bits per heavy atom. The number of aryl methyl sites for hydroxylation is 2. The highest BCUT2D eigenvalue weighted by Crippen LogP contribution is 2.63. The molecular weight excluding hydrogens is 328 g/mol. The minimum atomic E-state index is 0.286. The summed E-state index contributed by atoms with van der Waals surface area (Å²) in [6, 6.07) is 16.3. The van der Waals surface area contributed by atoms with Gasteiger partial charge in [0.1, 0.15) is 0 Å². The first kappa shape index (κ1) is 16.1. The van der Waals surface area contributed by atoms with Crippen molar-refractivity contribution in [3.05, 3.63) is 59.2 Å². The van der Waals surface area contributed by atoms with Crippen molar-refractivity contribution >= 4 is 21.5 Å². The molecule has 6 rings (SSSR count). The van der Waals surface area contributed by atoms with Gasteiger partial charge in [-0.1, -0.05) is 56.3 Å². The van der Waals surface area contributed by atoms with E-state index in [1.807, 2.05) is 0 Å². The molecule has 3 aliphatic rings. The summed E-state index contributed by atoms with van der Waals surface area (Å²) in [5, 5.41) is 5.69. The summed E-state index contributed by atoms with van der Waals surface area (Å²) in [7, 11) is 0. The molecule has 3 aromatic carbocycles. The predicted octanol–water partition coefficient (Wildman–Crippen LogP) is 6.54. The van der Waals surface area contributed by atoms with Gasteiger partial charge in [0.05, 0.1) is 12.7 Å². The van der Waals surface area contributed by atoms with E-state index in [1.54, 1.807) is 11.1 Å². The lowest BCUT2D eigenvalue weighted by atomic mass is 9.53. The summed E-state index contributed by atoms with van der Waals surface area (Å²) >= 11 is 0. The van der Waals surface area contributed by atoms with Crippen molar-refractivity contribution in [3.63, 3.8) is 0 Å². The molecule has 1 heterocycles. The SMILES string of the molecule is Cc1cccc2c1ccc1c3c(ccc12)[C@H]1[C@H]2OC[C@]1(CC3)CCC2(C)C. The van der Waals surface area contributed by atoms with Crippen molar-refractivity contribution in [1.82, 2.24) is 0 Å². The molecule has 2 bridgehead atoms. The van der Waals surface area contributed by atoms with Gasteiger partial charge < -0.3 is 4.74 Å². The van der Waals surface area contributed by atoms with Crippen LogP contribution in [0.5, 0.6) is 0 Å². The summed E-state index contributed by atoms with van der Waals surface area (Å²) in [4.78, 5) is 0. The van der Waals surface area contributed by atoms with Gasteiger partial charge in [0.2, 0.25) is 0 Å². The fraction of sp³-hybridized carbons (Fsp3) is 0.462. The fourth-order valence-corrected chi connectivity index (χ4v) is 6.58. The van der Waals surface area contributed by atoms with Gasteiger partial charge in [-0.3, -0.25) is 0 Å². The molecule has 2 fully saturated rings. The molecule has 0 aromatic heterocycles. The molecule has 0 unspecified atom stereocenters. The quantitative estimate of drug-likeness (QED) is 0.416. The number of hydrogen-bond acceptors (Lipinski definition) is 1. The highest BCUT2D eigenvalue weighted by Gasteiger charge is 2.59. The van der Waals surface area contributed by atoms with Gasteiger partial charge in [0.15, 0.2) is 0 Å². The zero-order valence-corrected chi connectivity index (χ0v) is 16.6. The topological polar surface area (TPSA) is 9.23 Å². The number of ether oxygens (including phenoxy) is 1. The van der Waals surface area contributed by atoms with E-state index >= 15 is 0 Å². The third-order valence-corrected chi connectivity index (χ3v) is 8.18. The van der Waals surface area contributed by atoms with Gasteiger partial charge in [0.25, 0.3) is 0 Å². The Bertz CT molecular complexity index is 1090. The van der Waals surface area contributed by atoms with E-state index < -0.39 is 0 Å². The van der Waals surface area contributed by atoms with E-state index in [0.717, 1.165) is 6.61 Å². The van der Waals surface area contributed by atoms with E-state index in [0.29, 0.717) is 17.4 Å². The Kier molecular flexibility index (Phi) is 3.07. The lowest BCUT2D eigenvalue weighted by Gasteiger charge is -2.49. The van der Waals surface area contributed by atoms with Crippen molar-refractivity contribution in [2.75, 3.05) is 6.61 Å². The molecule has 138 valence electrons. The van der Waals surface area contributed by atoms with E-state index in [9.17, 15) is 0 Å². The van der Waals surface area contributed by atoms with E-state index in [-0.39, 0.29) is 5.41 Å². The Morgan fingerprint density at radius 3 is 2.52 bits per heavy atom. The maximum atomic E-state index is 6.48. The normalized spacial score (nSPS) is 31.1. The second kappa shape index (κ2) is 5.14. The average molecular weight is 357 g/mol. The second-order valence-corrected chi connectivity index (χ2v) is 10.0. The zero-order chi connectivity index (χ0) is 18.4. The summed E-state index contributed by atoms with van der Waals surface area (Å²) in [6.45, 7) is 8.02. The molecule has 2 aliphatic carbocycles. The fourth-order valence-electron chi connectivity index (χ4n) is 6.58. The van der Waals surface area contributed by atoms with Crippen molar-refractivity contribution in [1.29, 1.82) is 0 Å². The molecule has 3 atom stereocenters. The summed E-state index contributed by atoms with van der Waals surface area (Å²) in [5.74, 6) is 0.586. The van der Waals surface area contributed by atoms with Crippen LogP contribution >= 0.6 is 0 Å². The van der Waals surface area contributed by atoms with Crippen LogP contribution < -0.4 is 0 Å². The number of hydrogen-bond donors (Lipinski definition) is 0. The number of fused-ring (bicyclic) bond motifs is 5. The van der Waals surface area contributed by atoms with Crippen LogP contribution in [0.15, 0.2) is 42.5 Å². The van der Waals surface area contributed by atoms with Crippen LogP contribution in [0.4, 0.5) is 0 Å². The van der Waals surface area contributed by atoms with Crippen molar-refractivity contribution in [2.45, 2.75) is 58.5 Å². The smallest absolute Gasteiger partial charge is 0.0701 e. The van der Waals surface area contributed by atoms with Crippen LogP contribution in [0.3, 0.4) is 0 Å². The first-order valence-electron chi connectivity index (χ1n) is 10.6. The van der Waals surface area contributed by atoms with Crippen LogP contribution in [-0.4, -0.2) is 12.7 Å². The van der Waals surface area contributed by atoms with Gasteiger partial charge in [-0.15, -0.1) is 0 Å². The zero-order valence-electron chi connectivity index (χ0n) is 16.6. The first-order chi connectivity index (χ1) is 13.0. The monoisotopic (exact) mass is 356 g/mol. The molecule has 3 aromatic rings. The molecule has 1 aliphatic heterocycles. The lowest BCUT2D eigenvalue weighted by molar-refractivity contribution is 0.00325. The van der Waals surface area contributed by atoms with Gasteiger partial charge >= 0.3 is 0 Å². The standard InChI is InChI=1S/C26H28O/c1-16-5-4-6-18-17(16)7-8-20-19(18)9-10-22-21(20)11-12-26-14-13-25(2,3)24(23(22)26)27-15-26/h4-10,23-24H,11-15H2,1-3H3/t23-,24+,26-/m0/s1. The predicted molar refractivity (Wildman–Crippen MR) is 112 cm³/mol. The highest BCUT2D eigenvalue weighted by molar-refractivity contribution is 6.09. The average Bonchev–Trinajstić information content (AvgIpc) is 3.01. The minimum absolute atomic E-state index is 0.286. The Balaban J connectivity index is 1.61. The summed E-state index contributed by atoms with van der Waals surface area (Å²) in [5.41, 5.74) is 5.25. The Labute approximate surface area is 161 Å². The van der Waals surface area contributed by atoms with Gasteiger partial charge in [0, 0.05) is 11.3 Å². The lowest BCUT2D eigenvalue weighted by Crippen LogP contribution is -2.45. The molecule has 0 amide bonds. The van der Waals surface area contributed by atoms with Gasteiger partial charge in [-0.2, -0.15) is 0 Å². The maximum absolute atomic E-state index is 6.48. The number of benzene rings is 3. The van der Waals surface area contributed by atoms with Crippen LogP contribution in [0.25, 0.3) is 21.5 Å². The molecule has 1 heteroatoms. The van der Waals surface area contributed by atoms with Crippen LogP contribution in [0.1, 0.15) is 55.7 Å². The van der Waals surface area contributed by atoms with E-state index in [2.05, 4.69) is 63.2 Å². The molecule has 0 N–H and O–H groups in total. The van der Waals surface area contributed by atoms with E-state index in [1.165, 1.54) is 52.8 Å². The van der Waals surface area contributed by atoms with Crippen LogP contribution in [0.2, 0.25) is 0 Å². The number of rotatable bonds is 0. The van der Waals surface area contributed by atoms with E-state index in [4.69, 9.17) is 4.74 Å². The second-order valence-electron chi connectivity index (χ2n) is 10.0. The molecule has 0 radical (unpaired) electrons. The summed E-state index contributed by atoms with van der Waals surface area (Å²) < 4.78 is 6.48. The molecule has 1 saturated carbocycles. The van der Waals surface area contributed by atoms with Crippen LogP contribution in [-0.2, 0) is 11.2 Å². The minimum Gasteiger partial charge on any atom is -0.376 e. The first-order valence-corrected chi connectivity index (χ1v) is 10.6.